The van der Waals surface area contributed by atoms with E-state index in [2.05, 4.69) is 0 Å². The fraction of sp³-hybridized carbons (Fsp3) is 0.211. The number of halogens is 1. The van der Waals surface area contributed by atoms with E-state index in [1.54, 1.807) is 11.3 Å². The maximum absolute atomic E-state index is 6.03. The SMILES string of the molecule is Br.c1ccc2c(c1)OCC(c1csc(C3COc4ccccc4O3)n1)O2. The van der Waals surface area contributed by atoms with Gasteiger partial charge in [0.25, 0.3) is 0 Å². The Labute approximate surface area is 165 Å². The van der Waals surface area contributed by atoms with Crippen LogP contribution in [-0.4, -0.2) is 18.2 Å². The molecule has 2 atom stereocenters. The third-order valence-electron chi connectivity index (χ3n) is 4.16. The zero-order chi connectivity index (χ0) is 16.6. The van der Waals surface area contributed by atoms with Gasteiger partial charge in [-0.25, -0.2) is 4.98 Å². The van der Waals surface area contributed by atoms with Crippen LogP contribution in [0.15, 0.2) is 53.9 Å². The van der Waals surface area contributed by atoms with Gasteiger partial charge in [0.1, 0.15) is 18.2 Å². The van der Waals surface area contributed by atoms with Gasteiger partial charge in [0, 0.05) is 5.38 Å². The second-order valence-electron chi connectivity index (χ2n) is 5.84. The van der Waals surface area contributed by atoms with Crippen molar-refractivity contribution in [2.24, 2.45) is 0 Å². The molecule has 0 amide bonds. The molecule has 1 aromatic heterocycles. The molecule has 0 fully saturated rings. The minimum Gasteiger partial charge on any atom is -0.485 e. The highest BCUT2D eigenvalue weighted by atomic mass is 79.9. The molecule has 26 heavy (non-hydrogen) atoms. The lowest BCUT2D eigenvalue weighted by atomic mass is 10.2. The molecule has 2 unspecified atom stereocenters. The minimum atomic E-state index is -0.211. The van der Waals surface area contributed by atoms with Crippen molar-refractivity contribution in [3.63, 3.8) is 0 Å². The third kappa shape index (κ3) is 3.12. The molecule has 2 aliphatic heterocycles. The highest BCUT2D eigenvalue weighted by Crippen LogP contribution is 2.39. The molecule has 0 N–H and O–H groups in total. The Morgan fingerprint density at radius 3 is 1.96 bits per heavy atom. The summed E-state index contributed by atoms with van der Waals surface area (Å²) in [6.45, 7) is 0.903. The van der Waals surface area contributed by atoms with Crippen LogP contribution in [-0.2, 0) is 0 Å². The molecule has 0 saturated carbocycles. The number of hydrogen-bond donors (Lipinski definition) is 0. The van der Waals surface area contributed by atoms with Crippen molar-refractivity contribution < 1.29 is 18.9 Å². The van der Waals surface area contributed by atoms with E-state index in [0.717, 1.165) is 33.7 Å². The highest BCUT2D eigenvalue weighted by molar-refractivity contribution is 8.93. The number of para-hydroxylation sites is 4. The summed E-state index contributed by atoms with van der Waals surface area (Å²) in [7, 11) is 0. The molecule has 2 aromatic carbocycles. The Hall–Kier alpha value is -2.25. The Morgan fingerprint density at radius 2 is 1.31 bits per heavy atom. The van der Waals surface area contributed by atoms with Crippen LogP contribution in [0.5, 0.6) is 23.0 Å². The zero-order valence-corrected chi connectivity index (χ0v) is 16.2. The Morgan fingerprint density at radius 1 is 0.769 bits per heavy atom. The van der Waals surface area contributed by atoms with Crippen LogP contribution in [0, 0.1) is 0 Å². The average molecular weight is 434 g/mol. The van der Waals surface area contributed by atoms with Crippen molar-refractivity contribution in [3.8, 4) is 23.0 Å². The maximum Gasteiger partial charge on any atom is 0.184 e. The van der Waals surface area contributed by atoms with E-state index >= 15 is 0 Å². The van der Waals surface area contributed by atoms with Crippen LogP contribution < -0.4 is 18.9 Å². The van der Waals surface area contributed by atoms with Crippen LogP contribution in [0.25, 0.3) is 0 Å². The number of rotatable bonds is 2. The van der Waals surface area contributed by atoms with E-state index in [-0.39, 0.29) is 29.2 Å². The van der Waals surface area contributed by atoms with Gasteiger partial charge in [-0.2, -0.15) is 0 Å². The van der Waals surface area contributed by atoms with Gasteiger partial charge in [-0.15, -0.1) is 28.3 Å². The first-order valence-electron chi connectivity index (χ1n) is 8.09. The first kappa shape index (κ1) is 17.2. The van der Waals surface area contributed by atoms with E-state index in [4.69, 9.17) is 23.9 Å². The number of benzene rings is 2. The van der Waals surface area contributed by atoms with E-state index in [1.165, 1.54) is 0 Å². The van der Waals surface area contributed by atoms with E-state index in [9.17, 15) is 0 Å². The summed E-state index contributed by atoms with van der Waals surface area (Å²) >= 11 is 1.55. The van der Waals surface area contributed by atoms with E-state index in [0.29, 0.717) is 13.2 Å². The summed E-state index contributed by atoms with van der Waals surface area (Å²) in [5, 5.41) is 2.88. The average Bonchev–Trinajstić information content (AvgIpc) is 3.17. The van der Waals surface area contributed by atoms with Gasteiger partial charge in [-0.05, 0) is 24.3 Å². The van der Waals surface area contributed by atoms with E-state index in [1.807, 2.05) is 53.9 Å². The van der Waals surface area contributed by atoms with Gasteiger partial charge in [0.05, 0.1) is 5.69 Å². The normalized spacial score (nSPS) is 20.2. The van der Waals surface area contributed by atoms with Crippen LogP contribution in [0.1, 0.15) is 22.9 Å². The van der Waals surface area contributed by atoms with Crippen molar-refractivity contribution in [1.29, 1.82) is 0 Å². The number of hydrogen-bond acceptors (Lipinski definition) is 6. The molecule has 0 aliphatic carbocycles. The topological polar surface area (TPSA) is 49.8 Å². The summed E-state index contributed by atoms with van der Waals surface area (Å²) < 4.78 is 23.6. The largest absolute Gasteiger partial charge is 0.485 e. The molecule has 3 aromatic rings. The summed E-state index contributed by atoms with van der Waals surface area (Å²) in [5.74, 6) is 3.05. The second kappa shape index (κ2) is 7.17. The van der Waals surface area contributed by atoms with Crippen molar-refractivity contribution >= 4 is 28.3 Å². The molecule has 0 spiro atoms. The number of fused-ring (bicyclic) bond motifs is 2. The zero-order valence-electron chi connectivity index (χ0n) is 13.7. The number of ether oxygens (including phenoxy) is 4. The quantitative estimate of drug-likeness (QED) is 0.583. The smallest absolute Gasteiger partial charge is 0.184 e. The lowest BCUT2D eigenvalue weighted by molar-refractivity contribution is 0.0835. The predicted octanol–water partition coefficient (Wildman–Crippen LogP) is 4.75. The Kier molecular flexibility index (Phi) is 4.74. The fourth-order valence-electron chi connectivity index (χ4n) is 2.90. The fourth-order valence-corrected chi connectivity index (χ4v) is 3.77. The lowest BCUT2D eigenvalue weighted by Gasteiger charge is -2.26. The van der Waals surface area contributed by atoms with Crippen LogP contribution in [0.4, 0.5) is 0 Å². The van der Waals surface area contributed by atoms with Crippen LogP contribution >= 0.6 is 28.3 Å². The van der Waals surface area contributed by atoms with Crippen LogP contribution in [0.2, 0.25) is 0 Å². The van der Waals surface area contributed by atoms with Gasteiger partial charge in [-0.3, -0.25) is 0 Å². The summed E-state index contributed by atoms with van der Waals surface area (Å²) in [6.07, 6.45) is -0.415. The van der Waals surface area contributed by atoms with Crippen molar-refractivity contribution in [3.05, 3.63) is 64.6 Å². The molecule has 5 nitrogen and oxygen atoms in total. The molecule has 0 bridgehead atoms. The van der Waals surface area contributed by atoms with E-state index < -0.39 is 0 Å². The van der Waals surface area contributed by atoms with Crippen molar-refractivity contribution in [2.75, 3.05) is 13.2 Å². The first-order valence-corrected chi connectivity index (χ1v) is 8.97. The standard InChI is InChI=1S/C19H15NO4S.BrH/c1-3-7-15-13(5-1)21-9-17(23-15)12-11-25-19(20-12)18-10-22-14-6-2-4-8-16(14)24-18;/h1-8,11,17-18H,9-10H2;1H. The molecule has 7 heteroatoms. The molecular formula is C19H16BrNO4S. The second-order valence-corrected chi connectivity index (χ2v) is 6.73. The number of aromatic nitrogens is 1. The first-order chi connectivity index (χ1) is 12.4. The number of thiazole rings is 1. The van der Waals surface area contributed by atoms with Gasteiger partial charge < -0.3 is 18.9 Å². The summed E-state index contributed by atoms with van der Waals surface area (Å²) in [4.78, 5) is 4.71. The molecule has 5 rings (SSSR count). The van der Waals surface area contributed by atoms with Gasteiger partial charge >= 0.3 is 0 Å². The molecule has 134 valence electrons. The Bertz CT molecular complexity index is 844. The molecule has 3 heterocycles. The predicted molar refractivity (Wildman–Crippen MR) is 103 cm³/mol. The van der Waals surface area contributed by atoms with Gasteiger partial charge in [0.2, 0.25) is 0 Å². The van der Waals surface area contributed by atoms with Gasteiger partial charge in [-0.1, -0.05) is 24.3 Å². The Balaban J connectivity index is 0.00000168. The van der Waals surface area contributed by atoms with Gasteiger partial charge in [0.15, 0.2) is 35.2 Å². The minimum absolute atomic E-state index is 0. The number of nitrogens with zero attached hydrogens (tertiary/aromatic N) is 1. The third-order valence-corrected chi connectivity index (χ3v) is 5.12. The van der Waals surface area contributed by atoms with Crippen LogP contribution in [0.3, 0.4) is 0 Å². The molecular weight excluding hydrogens is 418 g/mol. The van der Waals surface area contributed by atoms with Crippen molar-refractivity contribution in [1.82, 2.24) is 4.98 Å². The molecule has 0 saturated heterocycles. The van der Waals surface area contributed by atoms with Crippen molar-refractivity contribution in [2.45, 2.75) is 12.2 Å². The monoisotopic (exact) mass is 433 g/mol. The summed E-state index contributed by atoms with van der Waals surface area (Å²) in [5.41, 5.74) is 0.858. The highest BCUT2D eigenvalue weighted by Gasteiger charge is 2.28. The lowest BCUT2D eigenvalue weighted by Crippen LogP contribution is -2.23. The maximum atomic E-state index is 6.03. The summed E-state index contributed by atoms with van der Waals surface area (Å²) in [6, 6.07) is 15.4. The molecule has 2 aliphatic rings. The molecule has 0 radical (unpaired) electrons.